The van der Waals surface area contributed by atoms with E-state index in [-0.39, 0.29) is 48.0 Å². The summed E-state index contributed by atoms with van der Waals surface area (Å²) in [5, 5.41) is 3.12. The Morgan fingerprint density at radius 3 is 2.07 bits per heavy atom. The first kappa shape index (κ1) is 22.3. The lowest BCUT2D eigenvalue weighted by Gasteiger charge is -2.43. The van der Waals surface area contributed by atoms with Crippen molar-refractivity contribution in [3.05, 3.63) is 0 Å². The number of halogens is 1. The molecule has 0 aromatic heterocycles. The summed E-state index contributed by atoms with van der Waals surface area (Å²) >= 11 is 0. The number of piperidine rings is 1. The van der Waals surface area contributed by atoms with Gasteiger partial charge < -0.3 is 20.0 Å². The third-order valence-corrected chi connectivity index (χ3v) is 7.09. The summed E-state index contributed by atoms with van der Waals surface area (Å²) in [7, 11) is 0. The maximum Gasteiger partial charge on any atom is 0.236 e. The minimum Gasteiger partial charge on any atom is -0.342 e. The van der Waals surface area contributed by atoms with E-state index in [0.29, 0.717) is 13.1 Å². The normalized spacial score (nSPS) is 30.8. The number of carbonyl (C=O) groups excluding carboxylic acids is 3. The maximum atomic E-state index is 13.4. The van der Waals surface area contributed by atoms with Crippen LogP contribution in [0.3, 0.4) is 0 Å². The second-order valence-electron chi connectivity index (χ2n) is 8.87. The summed E-state index contributed by atoms with van der Waals surface area (Å²) in [6.07, 6.45) is 7.84. The molecule has 3 heterocycles. The van der Waals surface area contributed by atoms with Crippen molar-refractivity contribution in [3.63, 3.8) is 0 Å². The van der Waals surface area contributed by atoms with Crippen LogP contribution in [0.15, 0.2) is 0 Å². The van der Waals surface area contributed by atoms with Crippen LogP contribution < -0.4 is 5.32 Å². The molecule has 3 unspecified atom stereocenters. The molecule has 3 amide bonds. The molecule has 4 rings (SSSR count). The first-order valence-corrected chi connectivity index (χ1v) is 11.2. The minimum absolute atomic E-state index is 0. The second-order valence-corrected chi connectivity index (χ2v) is 8.87. The molecule has 0 spiro atoms. The van der Waals surface area contributed by atoms with Gasteiger partial charge in [-0.25, -0.2) is 0 Å². The summed E-state index contributed by atoms with van der Waals surface area (Å²) in [5.41, 5.74) is 0. The van der Waals surface area contributed by atoms with Crippen LogP contribution in [-0.4, -0.2) is 84.3 Å². The molecular formula is C21H35ClN4O3. The first-order valence-electron chi connectivity index (χ1n) is 11.2. The summed E-state index contributed by atoms with van der Waals surface area (Å²) in [6.45, 7) is 5.05. The zero-order valence-electron chi connectivity index (χ0n) is 17.3. The highest BCUT2D eigenvalue weighted by Gasteiger charge is 2.41. The molecule has 3 atom stereocenters. The van der Waals surface area contributed by atoms with E-state index in [0.717, 1.165) is 84.1 Å². The third kappa shape index (κ3) is 4.88. The van der Waals surface area contributed by atoms with E-state index in [9.17, 15) is 14.4 Å². The number of likely N-dealkylation sites (tertiary alicyclic amines) is 2. The molecule has 3 aliphatic heterocycles. The Morgan fingerprint density at radius 2 is 1.41 bits per heavy atom. The monoisotopic (exact) mass is 426 g/mol. The van der Waals surface area contributed by atoms with Crippen molar-refractivity contribution in [1.29, 1.82) is 0 Å². The quantitative estimate of drug-likeness (QED) is 0.737. The van der Waals surface area contributed by atoms with Crippen molar-refractivity contribution in [2.75, 3.05) is 45.8 Å². The van der Waals surface area contributed by atoms with Crippen molar-refractivity contribution in [3.8, 4) is 0 Å². The maximum absolute atomic E-state index is 13.4. The molecule has 164 valence electrons. The lowest BCUT2D eigenvalue weighted by Crippen LogP contribution is -2.58. The van der Waals surface area contributed by atoms with E-state index >= 15 is 0 Å². The standard InChI is InChI=1S/C21H34N4O3.ClH/c26-19-14-22-9-13-25(19)16-6-5-12-24(15-16)21(28)18-8-2-1-7-17(18)20(27)23-10-3-4-11-23;/h16-18,22H,1-15H2;1H. The second kappa shape index (κ2) is 10.1. The van der Waals surface area contributed by atoms with Gasteiger partial charge in [-0.1, -0.05) is 12.8 Å². The molecule has 1 saturated carbocycles. The molecule has 1 N–H and O–H groups in total. The number of piperazine rings is 1. The average Bonchev–Trinajstić information content (AvgIpc) is 3.28. The van der Waals surface area contributed by atoms with Crippen molar-refractivity contribution >= 4 is 30.1 Å². The third-order valence-electron chi connectivity index (χ3n) is 7.09. The summed E-state index contributed by atoms with van der Waals surface area (Å²) < 4.78 is 0. The SMILES string of the molecule is Cl.O=C(C1CCCCC1C(=O)N1CCCC(N2CCNCC2=O)C1)N1CCCC1. The number of rotatable bonds is 3. The van der Waals surface area contributed by atoms with Gasteiger partial charge in [-0.3, -0.25) is 14.4 Å². The largest absolute Gasteiger partial charge is 0.342 e. The predicted octanol–water partition coefficient (Wildman–Crippen LogP) is 1.26. The molecule has 0 aromatic carbocycles. The van der Waals surface area contributed by atoms with Gasteiger partial charge in [-0.05, 0) is 38.5 Å². The van der Waals surface area contributed by atoms with E-state index in [1.165, 1.54) is 0 Å². The Kier molecular flexibility index (Phi) is 7.79. The Labute approximate surface area is 179 Å². The number of amides is 3. The number of hydrogen-bond donors (Lipinski definition) is 1. The van der Waals surface area contributed by atoms with Crippen LogP contribution in [0.2, 0.25) is 0 Å². The van der Waals surface area contributed by atoms with E-state index in [1.54, 1.807) is 0 Å². The van der Waals surface area contributed by atoms with Crippen molar-refractivity contribution in [1.82, 2.24) is 20.0 Å². The van der Waals surface area contributed by atoms with Crippen molar-refractivity contribution < 1.29 is 14.4 Å². The van der Waals surface area contributed by atoms with E-state index in [4.69, 9.17) is 0 Å². The highest BCUT2D eigenvalue weighted by molar-refractivity contribution is 5.88. The molecule has 7 nitrogen and oxygen atoms in total. The number of hydrogen-bond acceptors (Lipinski definition) is 4. The van der Waals surface area contributed by atoms with Gasteiger partial charge in [-0.2, -0.15) is 0 Å². The molecule has 0 radical (unpaired) electrons. The van der Waals surface area contributed by atoms with Crippen LogP contribution in [0, 0.1) is 11.8 Å². The summed E-state index contributed by atoms with van der Waals surface area (Å²) in [4.78, 5) is 44.7. The molecule has 1 aliphatic carbocycles. The molecule has 29 heavy (non-hydrogen) atoms. The molecule has 8 heteroatoms. The van der Waals surface area contributed by atoms with E-state index < -0.39 is 0 Å². The van der Waals surface area contributed by atoms with Crippen LogP contribution >= 0.6 is 12.4 Å². The first-order chi connectivity index (χ1) is 13.6. The van der Waals surface area contributed by atoms with Gasteiger partial charge in [0.1, 0.15) is 0 Å². The smallest absolute Gasteiger partial charge is 0.236 e. The fraction of sp³-hybridized carbons (Fsp3) is 0.857. The number of nitrogens with one attached hydrogen (secondary N) is 1. The highest BCUT2D eigenvalue weighted by Crippen LogP contribution is 2.34. The minimum atomic E-state index is -0.167. The van der Waals surface area contributed by atoms with Gasteiger partial charge in [0.05, 0.1) is 6.54 Å². The van der Waals surface area contributed by atoms with Gasteiger partial charge in [0.25, 0.3) is 0 Å². The lowest BCUT2D eigenvalue weighted by atomic mass is 9.77. The molecular weight excluding hydrogens is 392 g/mol. The van der Waals surface area contributed by atoms with E-state index in [1.807, 2.05) is 14.7 Å². The fourth-order valence-electron chi connectivity index (χ4n) is 5.55. The van der Waals surface area contributed by atoms with E-state index in [2.05, 4.69) is 5.32 Å². The van der Waals surface area contributed by atoms with Crippen LogP contribution in [0.5, 0.6) is 0 Å². The Morgan fingerprint density at radius 1 is 0.793 bits per heavy atom. The molecule has 4 fully saturated rings. The Bertz CT molecular complexity index is 611. The zero-order valence-corrected chi connectivity index (χ0v) is 18.1. The molecule has 0 aromatic rings. The number of carbonyl (C=O) groups is 3. The summed E-state index contributed by atoms with van der Waals surface area (Å²) in [6, 6.07) is 0.128. The van der Waals surface area contributed by atoms with Crippen molar-refractivity contribution in [2.45, 2.75) is 57.4 Å². The van der Waals surface area contributed by atoms with Crippen LogP contribution in [0.25, 0.3) is 0 Å². The Balaban J connectivity index is 0.00000240. The molecule has 3 saturated heterocycles. The van der Waals surface area contributed by atoms with Crippen molar-refractivity contribution in [2.24, 2.45) is 11.8 Å². The van der Waals surface area contributed by atoms with Gasteiger partial charge in [-0.15, -0.1) is 12.4 Å². The lowest BCUT2D eigenvalue weighted by molar-refractivity contribution is -0.150. The van der Waals surface area contributed by atoms with Crippen LogP contribution in [0.1, 0.15) is 51.4 Å². The summed E-state index contributed by atoms with van der Waals surface area (Å²) in [5.74, 6) is 0.205. The van der Waals surface area contributed by atoms with Gasteiger partial charge in [0, 0.05) is 57.1 Å². The predicted molar refractivity (Wildman–Crippen MR) is 113 cm³/mol. The molecule has 0 bridgehead atoms. The molecule has 4 aliphatic rings. The van der Waals surface area contributed by atoms with Crippen LogP contribution in [0.4, 0.5) is 0 Å². The van der Waals surface area contributed by atoms with Gasteiger partial charge in [0.15, 0.2) is 0 Å². The highest BCUT2D eigenvalue weighted by atomic mass is 35.5. The average molecular weight is 427 g/mol. The Hall–Kier alpha value is -1.34. The zero-order chi connectivity index (χ0) is 19.5. The number of nitrogens with zero attached hydrogens (tertiary/aromatic N) is 3. The van der Waals surface area contributed by atoms with Gasteiger partial charge in [0.2, 0.25) is 17.7 Å². The topological polar surface area (TPSA) is 73.0 Å². The fourth-order valence-corrected chi connectivity index (χ4v) is 5.55. The van der Waals surface area contributed by atoms with Crippen LogP contribution in [-0.2, 0) is 14.4 Å². The van der Waals surface area contributed by atoms with Gasteiger partial charge >= 0.3 is 0 Å².